The number of ether oxygens (including phenoxy) is 1. The van der Waals surface area contributed by atoms with Crippen LogP contribution in [-0.4, -0.2) is 50.6 Å². The summed E-state index contributed by atoms with van der Waals surface area (Å²) in [4.78, 5) is 25.2. The topological polar surface area (TPSA) is 92.8 Å². The first kappa shape index (κ1) is 19.9. The molecule has 1 saturated heterocycles. The molecule has 0 bridgehead atoms. The van der Waals surface area contributed by atoms with Gasteiger partial charge in [0.2, 0.25) is 11.8 Å². The molecule has 0 unspecified atom stereocenters. The molecule has 1 fully saturated rings. The number of carbonyl (C=O) groups is 2. The van der Waals surface area contributed by atoms with E-state index in [2.05, 4.69) is 5.32 Å². The number of nitrogens with zero attached hydrogens (tertiary/aromatic N) is 1. The van der Waals surface area contributed by atoms with Crippen molar-refractivity contribution in [1.82, 2.24) is 4.90 Å². The van der Waals surface area contributed by atoms with Crippen LogP contribution in [0, 0.1) is 0 Å². The van der Waals surface area contributed by atoms with Gasteiger partial charge in [0.05, 0.1) is 18.4 Å². The van der Waals surface area contributed by atoms with Crippen LogP contribution in [0.4, 0.5) is 5.69 Å². The highest BCUT2D eigenvalue weighted by Gasteiger charge is 2.40. The smallest absolute Gasteiger partial charge is 0.227 e. The van der Waals surface area contributed by atoms with E-state index in [1.807, 2.05) is 0 Å². The molecule has 0 aliphatic carbocycles. The summed E-state index contributed by atoms with van der Waals surface area (Å²) < 4.78 is 30.4. The van der Waals surface area contributed by atoms with Crippen LogP contribution in [0.2, 0.25) is 0 Å². The van der Waals surface area contributed by atoms with E-state index in [-0.39, 0.29) is 36.2 Å². The number of likely N-dealkylation sites (tertiary alicyclic amines) is 1. The number of rotatable bonds is 6. The first-order chi connectivity index (χ1) is 13.3. The Morgan fingerprint density at radius 3 is 2.21 bits per heavy atom. The lowest BCUT2D eigenvalue weighted by Gasteiger charge is -2.38. The maximum atomic E-state index is 12.7. The van der Waals surface area contributed by atoms with Gasteiger partial charge < -0.3 is 15.0 Å². The largest absolute Gasteiger partial charge is 0.497 e. The second kappa shape index (κ2) is 8.02. The highest BCUT2D eigenvalue weighted by molar-refractivity contribution is 7.92. The highest BCUT2D eigenvalue weighted by Crippen LogP contribution is 2.26. The van der Waals surface area contributed by atoms with E-state index in [0.717, 1.165) is 5.56 Å². The molecule has 2 amide bonds. The summed E-state index contributed by atoms with van der Waals surface area (Å²) >= 11 is 0. The van der Waals surface area contributed by atoms with Gasteiger partial charge in [-0.2, -0.15) is 0 Å². The monoisotopic (exact) mass is 402 g/mol. The van der Waals surface area contributed by atoms with Crippen molar-refractivity contribution in [2.45, 2.75) is 23.5 Å². The number of methoxy groups -OCH3 is 1. The second-order valence-corrected chi connectivity index (χ2v) is 8.92. The first-order valence-corrected chi connectivity index (χ1v) is 10.4. The lowest BCUT2D eigenvalue weighted by Crippen LogP contribution is -2.57. The van der Waals surface area contributed by atoms with Crippen LogP contribution in [0.15, 0.2) is 53.4 Å². The Kier molecular flexibility index (Phi) is 5.69. The predicted molar refractivity (Wildman–Crippen MR) is 105 cm³/mol. The molecule has 2 aromatic carbocycles. The number of sulfone groups is 1. The van der Waals surface area contributed by atoms with Gasteiger partial charge in [0.15, 0.2) is 9.84 Å². The zero-order valence-corrected chi connectivity index (χ0v) is 16.5. The molecule has 1 N–H and O–H groups in total. The third kappa shape index (κ3) is 4.33. The molecule has 0 spiro atoms. The SMILES string of the molecule is COc1ccc(S(=O)(=O)C2CN(C(=O)Cc3ccc(NC(C)=O)cc3)C2)cc1. The van der Waals surface area contributed by atoms with Crippen LogP contribution >= 0.6 is 0 Å². The van der Waals surface area contributed by atoms with Gasteiger partial charge in [-0.05, 0) is 42.0 Å². The normalized spacial score (nSPS) is 14.3. The van der Waals surface area contributed by atoms with Crippen molar-refractivity contribution in [3.63, 3.8) is 0 Å². The number of hydrogen-bond acceptors (Lipinski definition) is 5. The van der Waals surface area contributed by atoms with Gasteiger partial charge in [0, 0.05) is 25.7 Å². The summed E-state index contributed by atoms with van der Waals surface area (Å²) in [6.45, 7) is 1.81. The van der Waals surface area contributed by atoms with Crippen LogP contribution in [0.5, 0.6) is 5.75 Å². The maximum Gasteiger partial charge on any atom is 0.227 e. The lowest BCUT2D eigenvalue weighted by atomic mass is 10.1. The van der Waals surface area contributed by atoms with Crippen molar-refractivity contribution >= 4 is 27.3 Å². The predicted octanol–water partition coefficient (Wildman–Crippen LogP) is 1.88. The standard InChI is InChI=1S/C20H22N2O5S/c1-14(23)21-16-5-3-15(4-6-16)11-20(24)22-12-19(13-22)28(25,26)18-9-7-17(27-2)8-10-18/h3-10,19H,11-13H2,1-2H3,(H,21,23). The lowest BCUT2D eigenvalue weighted by molar-refractivity contribution is -0.133. The quantitative estimate of drug-likeness (QED) is 0.796. The van der Waals surface area contributed by atoms with Crippen LogP contribution in [0.3, 0.4) is 0 Å². The fourth-order valence-corrected chi connectivity index (χ4v) is 4.64. The van der Waals surface area contributed by atoms with E-state index in [9.17, 15) is 18.0 Å². The molecule has 7 nitrogen and oxygen atoms in total. The zero-order chi connectivity index (χ0) is 20.3. The second-order valence-electron chi connectivity index (χ2n) is 6.70. The number of anilines is 1. The molecule has 148 valence electrons. The summed E-state index contributed by atoms with van der Waals surface area (Å²) in [5.74, 6) is 0.316. The number of carbonyl (C=O) groups excluding carboxylic acids is 2. The molecule has 0 atom stereocenters. The Bertz CT molecular complexity index is 963. The Balaban J connectivity index is 1.56. The van der Waals surface area contributed by atoms with E-state index in [4.69, 9.17) is 4.74 Å². The minimum atomic E-state index is -3.47. The molecular weight excluding hydrogens is 380 g/mol. The molecule has 0 radical (unpaired) electrons. The van der Waals surface area contributed by atoms with Gasteiger partial charge in [0.25, 0.3) is 0 Å². The van der Waals surface area contributed by atoms with Crippen molar-refractivity contribution < 1.29 is 22.7 Å². The molecule has 28 heavy (non-hydrogen) atoms. The first-order valence-electron chi connectivity index (χ1n) is 8.82. The molecule has 0 aromatic heterocycles. The summed E-state index contributed by atoms with van der Waals surface area (Å²) in [5, 5.41) is 2.08. The third-order valence-corrected chi connectivity index (χ3v) is 6.76. The van der Waals surface area contributed by atoms with Crippen molar-refractivity contribution in [2.75, 3.05) is 25.5 Å². The van der Waals surface area contributed by atoms with Crippen molar-refractivity contribution in [3.05, 3.63) is 54.1 Å². The summed E-state index contributed by atoms with van der Waals surface area (Å²) in [7, 11) is -1.95. The van der Waals surface area contributed by atoms with Gasteiger partial charge in [-0.1, -0.05) is 12.1 Å². The van der Waals surface area contributed by atoms with E-state index in [1.165, 1.54) is 26.2 Å². The van der Waals surface area contributed by atoms with Crippen LogP contribution in [-0.2, 0) is 25.8 Å². The Morgan fingerprint density at radius 1 is 1.07 bits per heavy atom. The van der Waals surface area contributed by atoms with Crippen LogP contribution in [0.1, 0.15) is 12.5 Å². The van der Waals surface area contributed by atoms with Crippen LogP contribution in [0.25, 0.3) is 0 Å². The average Bonchev–Trinajstić information content (AvgIpc) is 2.61. The Labute approximate surface area is 164 Å². The molecule has 1 heterocycles. The zero-order valence-electron chi connectivity index (χ0n) is 15.7. The van der Waals surface area contributed by atoms with Crippen molar-refractivity contribution in [3.8, 4) is 5.75 Å². The molecular formula is C20H22N2O5S. The summed E-state index contributed by atoms with van der Waals surface area (Å²) in [6.07, 6.45) is 0.190. The van der Waals surface area contributed by atoms with E-state index in [1.54, 1.807) is 41.3 Å². The molecule has 1 aliphatic heterocycles. The minimum absolute atomic E-state index is 0.117. The minimum Gasteiger partial charge on any atom is -0.497 e. The van der Waals surface area contributed by atoms with Gasteiger partial charge in [0.1, 0.15) is 11.0 Å². The molecule has 1 aliphatic rings. The van der Waals surface area contributed by atoms with E-state index >= 15 is 0 Å². The van der Waals surface area contributed by atoms with Gasteiger partial charge >= 0.3 is 0 Å². The number of benzene rings is 2. The molecule has 8 heteroatoms. The fourth-order valence-electron chi connectivity index (χ4n) is 2.99. The Hall–Kier alpha value is -2.87. The molecule has 2 aromatic rings. The average molecular weight is 402 g/mol. The molecule has 3 rings (SSSR count). The number of nitrogens with one attached hydrogen (secondary N) is 1. The maximum absolute atomic E-state index is 12.7. The summed E-state index contributed by atoms with van der Waals surface area (Å²) in [6, 6.07) is 13.3. The van der Waals surface area contributed by atoms with Gasteiger partial charge in [-0.15, -0.1) is 0 Å². The van der Waals surface area contributed by atoms with Gasteiger partial charge in [-0.25, -0.2) is 8.42 Å². The van der Waals surface area contributed by atoms with Crippen LogP contribution < -0.4 is 10.1 Å². The Morgan fingerprint density at radius 2 is 1.68 bits per heavy atom. The fraction of sp³-hybridized carbons (Fsp3) is 0.300. The van der Waals surface area contributed by atoms with E-state index < -0.39 is 15.1 Å². The number of hydrogen-bond donors (Lipinski definition) is 1. The summed E-state index contributed by atoms with van der Waals surface area (Å²) in [5.41, 5.74) is 1.47. The highest BCUT2D eigenvalue weighted by atomic mass is 32.2. The van der Waals surface area contributed by atoms with Gasteiger partial charge in [-0.3, -0.25) is 9.59 Å². The number of amides is 2. The van der Waals surface area contributed by atoms with E-state index in [0.29, 0.717) is 11.4 Å². The van der Waals surface area contributed by atoms with Crippen molar-refractivity contribution in [1.29, 1.82) is 0 Å². The van der Waals surface area contributed by atoms with Crippen molar-refractivity contribution in [2.24, 2.45) is 0 Å². The molecule has 0 saturated carbocycles. The third-order valence-electron chi connectivity index (χ3n) is 4.66.